The van der Waals surface area contributed by atoms with Crippen LogP contribution >= 0.6 is 0 Å². The van der Waals surface area contributed by atoms with Gasteiger partial charge in [-0.3, -0.25) is 9.59 Å². The van der Waals surface area contributed by atoms with Gasteiger partial charge in [0.05, 0.1) is 0 Å². The van der Waals surface area contributed by atoms with Crippen molar-refractivity contribution >= 4 is 17.5 Å². The van der Waals surface area contributed by atoms with Crippen molar-refractivity contribution < 1.29 is 32.2 Å². The summed E-state index contributed by atoms with van der Waals surface area (Å²) in [5.74, 6) is -0.160. The Morgan fingerprint density at radius 3 is 2.44 bits per heavy atom. The Morgan fingerprint density at radius 2 is 1.75 bits per heavy atom. The van der Waals surface area contributed by atoms with Crippen LogP contribution in [0.1, 0.15) is 36.5 Å². The lowest BCUT2D eigenvalue weighted by Gasteiger charge is -2.14. The second-order valence-corrected chi connectivity index (χ2v) is 8.75. The summed E-state index contributed by atoms with van der Waals surface area (Å²) < 4.78 is 50.5. The van der Waals surface area contributed by atoms with Crippen LogP contribution in [0.4, 0.5) is 19.0 Å². The van der Waals surface area contributed by atoms with Gasteiger partial charge < -0.3 is 14.8 Å². The number of rotatable bonds is 10. The molecule has 7 nitrogen and oxygen atoms in total. The van der Waals surface area contributed by atoms with Crippen LogP contribution < -0.4 is 14.8 Å². The van der Waals surface area contributed by atoms with Crippen LogP contribution in [0.2, 0.25) is 0 Å². The van der Waals surface area contributed by atoms with Crippen molar-refractivity contribution in [3.63, 3.8) is 0 Å². The fourth-order valence-electron chi connectivity index (χ4n) is 3.53. The average Bonchev–Trinajstić information content (AvgIpc) is 3.63. The summed E-state index contributed by atoms with van der Waals surface area (Å²) in [5, 5.41) is 2.73. The third-order valence-corrected chi connectivity index (χ3v) is 5.47. The molecule has 1 aliphatic rings. The molecule has 0 unspecified atom stereocenters. The second kappa shape index (κ2) is 10.3. The number of alkyl halides is 2. The van der Waals surface area contributed by atoms with Crippen LogP contribution in [0.3, 0.4) is 0 Å². The standard InChI is InChI=1S/C26H24F3N3O4/c1-15-9-20(35-24-13-23(30-14-31-24)32-25(34)16-3-4-16)6-5-17(15)10-19(33)11-18-12-21(7-8-22(18)27)36-26(2,28)29/h5-9,12-14,16H,3-4,10-11H2,1-2H3,(H,30,31,32,34). The zero-order chi connectivity index (χ0) is 25.9. The fourth-order valence-corrected chi connectivity index (χ4v) is 3.53. The van der Waals surface area contributed by atoms with Gasteiger partial charge >= 0.3 is 6.11 Å². The number of Topliss-reactive ketones (excluding diaryl/α,β-unsaturated/α-hetero) is 1. The molecule has 10 heteroatoms. The normalized spacial score (nSPS) is 13.2. The summed E-state index contributed by atoms with van der Waals surface area (Å²) >= 11 is 0. The summed E-state index contributed by atoms with van der Waals surface area (Å²) in [6, 6.07) is 9.82. The second-order valence-electron chi connectivity index (χ2n) is 8.75. The van der Waals surface area contributed by atoms with Crippen molar-refractivity contribution in [1.82, 2.24) is 9.97 Å². The molecule has 3 aromatic rings. The molecule has 0 aliphatic heterocycles. The topological polar surface area (TPSA) is 90.4 Å². The Bertz CT molecular complexity index is 1290. The van der Waals surface area contributed by atoms with Crippen molar-refractivity contribution in [1.29, 1.82) is 0 Å². The van der Waals surface area contributed by atoms with E-state index < -0.39 is 11.9 Å². The number of aromatic nitrogens is 2. The Balaban J connectivity index is 1.38. The maximum Gasteiger partial charge on any atom is 0.394 e. The lowest BCUT2D eigenvalue weighted by Crippen LogP contribution is -2.19. The summed E-state index contributed by atoms with van der Waals surface area (Å²) in [5.41, 5.74) is 1.45. The Kier molecular flexibility index (Phi) is 7.23. The minimum atomic E-state index is -3.42. The summed E-state index contributed by atoms with van der Waals surface area (Å²) in [7, 11) is 0. The number of hydrogen-bond donors (Lipinski definition) is 1. The van der Waals surface area contributed by atoms with Gasteiger partial charge in [0.2, 0.25) is 11.8 Å². The Labute approximate surface area is 205 Å². The molecule has 0 saturated heterocycles. The largest absolute Gasteiger partial charge is 0.439 e. The van der Waals surface area contributed by atoms with E-state index in [1.165, 1.54) is 12.4 Å². The van der Waals surface area contributed by atoms with Gasteiger partial charge in [-0.25, -0.2) is 14.4 Å². The van der Waals surface area contributed by atoms with Crippen molar-refractivity contribution in [2.75, 3.05) is 5.32 Å². The molecule has 0 spiro atoms. The van der Waals surface area contributed by atoms with E-state index in [9.17, 15) is 22.8 Å². The Morgan fingerprint density at radius 1 is 1.03 bits per heavy atom. The van der Waals surface area contributed by atoms with E-state index in [-0.39, 0.29) is 47.6 Å². The first kappa shape index (κ1) is 25.2. The maximum atomic E-state index is 14.1. The number of nitrogens with zero attached hydrogens (tertiary/aromatic N) is 2. The molecule has 0 radical (unpaired) electrons. The van der Waals surface area contributed by atoms with Crippen molar-refractivity contribution in [2.45, 2.75) is 45.6 Å². The minimum absolute atomic E-state index is 0.0193. The lowest BCUT2D eigenvalue weighted by molar-refractivity contribution is -0.159. The van der Waals surface area contributed by atoms with E-state index in [2.05, 4.69) is 20.0 Å². The molecule has 0 atom stereocenters. The quantitative estimate of drug-likeness (QED) is 0.401. The average molecular weight is 499 g/mol. The van der Waals surface area contributed by atoms with Gasteiger partial charge in [0.1, 0.15) is 35.2 Å². The summed E-state index contributed by atoms with van der Waals surface area (Å²) in [6.07, 6.45) is -0.627. The number of amides is 1. The van der Waals surface area contributed by atoms with E-state index in [4.69, 9.17) is 4.74 Å². The molecule has 4 rings (SSSR count). The molecule has 36 heavy (non-hydrogen) atoms. The summed E-state index contributed by atoms with van der Waals surface area (Å²) in [4.78, 5) is 32.6. The number of hydrogen-bond acceptors (Lipinski definition) is 6. The molecule has 1 heterocycles. The molecule has 0 bridgehead atoms. The molecular formula is C26H24F3N3O4. The van der Waals surface area contributed by atoms with Crippen LogP contribution in [0.15, 0.2) is 48.8 Å². The van der Waals surface area contributed by atoms with Gasteiger partial charge in [0.15, 0.2) is 0 Å². The smallest absolute Gasteiger partial charge is 0.394 e. The van der Waals surface area contributed by atoms with E-state index in [0.29, 0.717) is 24.1 Å². The monoisotopic (exact) mass is 499 g/mol. The van der Waals surface area contributed by atoms with Crippen LogP contribution in [-0.4, -0.2) is 27.8 Å². The molecule has 1 aliphatic carbocycles. The maximum absolute atomic E-state index is 14.1. The number of carbonyl (C=O) groups excluding carboxylic acids is 2. The predicted molar refractivity (Wildman–Crippen MR) is 125 cm³/mol. The SMILES string of the molecule is Cc1cc(Oc2cc(NC(=O)C3CC3)ncn2)ccc1CC(=O)Cc1cc(OC(C)(F)F)ccc1F. The first-order valence-electron chi connectivity index (χ1n) is 11.3. The van der Waals surface area contributed by atoms with Gasteiger partial charge in [-0.2, -0.15) is 8.78 Å². The first-order valence-corrected chi connectivity index (χ1v) is 11.3. The zero-order valence-corrected chi connectivity index (χ0v) is 19.7. The van der Waals surface area contributed by atoms with Crippen LogP contribution in [-0.2, 0) is 22.4 Å². The number of ether oxygens (including phenoxy) is 2. The van der Waals surface area contributed by atoms with Gasteiger partial charge in [-0.1, -0.05) is 6.07 Å². The number of carbonyl (C=O) groups is 2. The highest BCUT2D eigenvalue weighted by atomic mass is 19.3. The highest BCUT2D eigenvalue weighted by Gasteiger charge is 2.30. The molecule has 2 aromatic carbocycles. The lowest BCUT2D eigenvalue weighted by atomic mass is 9.99. The van der Waals surface area contributed by atoms with E-state index in [1.54, 1.807) is 25.1 Å². The predicted octanol–water partition coefficient (Wildman–Crippen LogP) is 5.41. The van der Waals surface area contributed by atoms with E-state index >= 15 is 0 Å². The highest BCUT2D eigenvalue weighted by Crippen LogP contribution is 2.30. The van der Waals surface area contributed by atoms with E-state index in [0.717, 1.165) is 36.6 Å². The molecule has 188 valence electrons. The number of anilines is 1. The van der Waals surface area contributed by atoms with E-state index in [1.807, 2.05) is 0 Å². The first-order chi connectivity index (χ1) is 17.1. The molecule has 1 saturated carbocycles. The molecular weight excluding hydrogens is 475 g/mol. The third-order valence-electron chi connectivity index (χ3n) is 5.47. The number of halogens is 3. The number of nitrogens with one attached hydrogen (secondary N) is 1. The van der Waals surface area contributed by atoms with Crippen molar-refractivity contribution in [2.24, 2.45) is 5.92 Å². The van der Waals surface area contributed by atoms with Crippen LogP contribution in [0, 0.1) is 18.7 Å². The van der Waals surface area contributed by atoms with Gasteiger partial charge in [0.25, 0.3) is 0 Å². The molecule has 1 amide bonds. The summed E-state index contributed by atoms with van der Waals surface area (Å²) in [6.45, 7) is 2.38. The number of aryl methyl sites for hydroxylation is 1. The minimum Gasteiger partial charge on any atom is -0.439 e. The fraction of sp³-hybridized carbons (Fsp3) is 0.308. The highest BCUT2D eigenvalue weighted by molar-refractivity contribution is 5.93. The molecule has 1 aromatic heterocycles. The van der Waals surface area contributed by atoms with Gasteiger partial charge in [-0.15, -0.1) is 0 Å². The van der Waals surface area contributed by atoms with Crippen molar-refractivity contribution in [3.8, 4) is 17.4 Å². The van der Waals surface area contributed by atoms with Crippen LogP contribution in [0.25, 0.3) is 0 Å². The number of benzene rings is 2. The third kappa shape index (κ3) is 7.03. The van der Waals surface area contributed by atoms with Gasteiger partial charge in [-0.05, 0) is 66.8 Å². The molecule has 1 fully saturated rings. The Hall–Kier alpha value is -3.95. The van der Waals surface area contributed by atoms with Crippen molar-refractivity contribution in [3.05, 3.63) is 71.3 Å². The molecule has 1 N–H and O–H groups in total. The number of ketones is 1. The van der Waals surface area contributed by atoms with Crippen LogP contribution in [0.5, 0.6) is 17.4 Å². The zero-order valence-electron chi connectivity index (χ0n) is 19.7. The van der Waals surface area contributed by atoms with Gasteiger partial charge in [0, 0.05) is 31.7 Å².